The van der Waals surface area contributed by atoms with Gasteiger partial charge in [0.15, 0.2) is 0 Å². The number of amides is 2. The number of aryl methyl sites for hydroxylation is 1. The third-order valence-electron chi connectivity index (χ3n) is 3.83. The van der Waals surface area contributed by atoms with Gasteiger partial charge in [-0.3, -0.25) is 0 Å². The van der Waals surface area contributed by atoms with Crippen molar-refractivity contribution in [3.63, 3.8) is 0 Å². The van der Waals surface area contributed by atoms with Gasteiger partial charge in [0.2, 0.25) is 0 Å². The molecule has 0 radical (unpaired) electrons. The number of methoxy groups -OCH3 is 1. The molecule has 0 saturated heterocycles. The topological polar surface area (TPSA) is 50.4 Å². The fourth-order valence-electron chi connectivity index (χ4n) is 2.50. The third-order valence-corrected chi connectivity index (χ3v) is 4.36. The average Bonchev–Trinajstić information content (AvgIpc) is 2.55. The SMILES string of the molecule is COc1ccc(C)cc1CCNC(=O)NC(C)c1ccc(Br)cc1. The van der Waals surface area contributed by atoms with E-state index in [0.29, 0.717) is 6.54 Å². The Morgan fingerprint density at radius 3 is 2.58 bits per heavy atom. The first-order valence-electron chi connectivity index (χ1n) is 7.93. The van der Waals surface area contributed by atoms with Crippen molar-refractivity contribution in [1.29, 1.82) is 0 Å². The lowest BCUT2D eigenvalue weighted by Gasteiger charge is -2.15. The zero-order valence-electron chi connectivity index (χ0n) is 14.2. The molecule has 128 valence electrons. The van der Waals surface area contributed by atoms with E-state index in [-0.39, 0.29) is 12.1 Å². The number of hydrogen-bond donors (Lipinski definition) is 2. The molecule has 0 heterocycles. The number of ether oxygens (including phenoxy) is 1. The van der Waals surface area contributed by atoms with Crippen LogP contribution in [0.4, 0.5) is 4.79 Å². The van der Waals surface area contributed by atoms with Crippen molar-refractivity contribution in [1.82, 2.24) is 10.6 Å². The Morgan fingerprint density at radius 1 is 1.21 bits per heavy atom. The monoisotopic (exact) mass is 390 g/mol. The summed E-state index contributed by atoms with van der Waals surface area (Å²) in [6.45, 7) is 4.56. The number of nitrogens with one attached hydrogen (secondary N) is 2. The molecule has 2 N–H and O–H groups in total. The summed E-state index contributed by atoms with van der Waals surface area (Å²) in [4.78, 5) is 12.0. The molecule has 0 saturated carbocycles. The van der Waals surface area contributed by atoms with E-state index in [4.69, 9.17) is 4.74 Å². The predicted molar refractivity (Wildman–Crippen MR) is 101 cm³/mol. The van der Waals surface area contributed by atoms with Crippen LogP contribution in [0.25, 0.3) is 0 Å². The number of hydrogen-bond acceptors (Lipinski definition) is 2. The molecule has 0 fully saturated rings. The maximum absolute atomic E-state index is 12.0. The molecule has 1 unspecified atom stereocenters. The molecule has 0 spiro atoms. The number of benzene rings is 2. The number of carbonyl (C=O) groups is 1. The van der Waals surface area contributed by atoms with E-state index >= 15 is 0 Å². The molecule has 2 aromatic carbocycles. The molecule has 1 atom stereocenters. The van der Waals surface area contributed by atoms with Gasteiger partial charge < -0.3 is 15.4 Å². The second-order valence-electron chi connectivity index (χ2n) is 5.74. The molecule has 24 heavy (non-hydrogen) atoms. The van der Waals surface area contributed by atoms with Crippen molar-refractivity contribution in [2.45, 2.75) is 26.3 Å². The van der Waals surface area contributed by atoms with Gasteiger partial charge in [0.25, 0.3) is 0 Å². The molecule has 0 bridgehead atoms. The molecule has 0 aliphatic carbocycles. The van der Waals surface area contributed by atoms with Gasteiger partial charge >= 0.3 is 6.03 Å². The van der Waals surface area contributed by atoms with Crippen molar-refractivity contribution >= 4 is 22.0 Å². The Bertz CT molecular complexity index is 686. The van der Waals surface area contributed by atoms with Crippen LogP contribution >= 0.6 is 15.9 Å². The maximum Gasteiger partial charge on any atom is 0.315 e. The number of rotatable bonds is 6. The van der Waals surface area contributed by atoms with E-state index < -0.39 is 0 Å². The number of urea groups is 1. The molecule has 4 nitrogen and oxygen atoms in total. The minimum atomic E-state index is -0.169. The zero-order chi connectivity index (χ0) is 17.5. The summed E-state index contributed by atoms with van der Waals surface area (Å²) in [6.07, 6.45) is 0.727. The summed E-state index contributed by atoms with van der Waals surface area (Å²) < 4.78 is 6.38. The van der Waals surface area contributed by atoms with E-state index in [9.17, 15) is 4.79 Å². The van der Waals surface area contributed by atoms with Gasteiger partial charge in [-0.1, -0.05) is 45.8 Å². The Labute approximate surface area is 151 Å². The van der Waals surface area contributed by atoms with Crippen molar-refractivity contribution in [2.75, 3.05) is 13.7 Å². The van der Waals surface area contributed by atoms with Gasteiger partial charge in [0, 0.05) is 11.0 Å². The summed E-state index contributed by atoms with van der Waals surface area (Å²) in [7, 11) is 1.66. The Balaban J connectivity index is 1.83. The minimum Gasteiger partial charge on any atom is -0.496 e. The zero-order valence-corrected chi connectivity index (χ0v) is 15.8. The predicted octanol–water partition coefficient (Wildman–Crippen LogP) is 4.37. The quantitative estimate of drug-likeness (QED) is 0.769. The van der Waals surface area contributed by atoms with Crippen LogP contribution in [0.1, 0.15) is 29.7 Å². The smallest absolute Gasteiger partial charge is 0.315 e. The van der Waals surface area contributed by atoms with Gasteiger partial charge in [-0.05, 0) is 49.6 Å². The minimum absolute atomic E-state index is 0.0494. The van der Waals surface area contributed by atoms with Crippen LogP contribution in [0.3, 0.4) is 0 Å². The Kier molecular flexibility index (Phi) is 6.67. The summed E-state index contributed by atoms with van der Waals surface area (Å²) >= 11 is 3.41. The highest BCUT2D eigenvalue weighted by molar-refractivity contribution is 9.10. The summed E-state index contributed by atoms with van der Waals surface area (Å²) in [5.74, 6) is 0.853. The summed E-state index contributed by atoms with van der Waals surface area (Å²) in [6, 6.07) is 13.8. The van der Waals surface area contributed by atoms with Gasteiger partial charge in [-0.15, -0.1) is 0 Å². The van der Waals surface area contributed by atoms with Crippen LogP contribution in [0, 0.1) is 6.92 Å². The molecule has 0 aliphatic heterocycles. The lowest BCUT2D eigenvalue weighted by Crippen LogP contribution is -2.38. The van der Waals surface area contributed by atoms with E-state index in [1.54, 1.807) is 7.11 Å². The fourth-order valence-corrected chi connectivity index (χ4v) is 2.76. The highest BCUT2D eigenvalue weighted by Crippen LogP contribution is 2.20. The molecule has 2 amide bonds. The van der Waals surface area contributed by atoms with E-state index in [0.717, 1.165) is 27.8 Å². The largest absolute Gasteiger partial charge is 0.496 e. The van der Waals surface area contributed by atoms with Crippen LogP contribution in [0.2, 0.25) is 0 Å². The van der Waals surface area contributed by atoms with Crippen LogP contribution < -0.4 is 15.4 Å². The molecular weight excluding hydrogens is 368 g/mol. The van der Waals surface area contributed by atoms with Crippen molar-refractivity contribution < 1.29 is 9.53 Å². The standard InChI is InChI=1S/C19H23BrN2O2/c1-13-4-9-18(24-3)16(12-13)10-11-21-19(23)22-14(2)15-5-7-17(20)8-6-15/h4-9,12,14H,10-11H2,1-3H3,(H2,21,22,23). The Hall–Kier alpha value is -2.01. The van der Waals surface area contributed by atoms with E-state index in [1.165, 1.54) is 5.56 Å². The number of halogens is 1. The van der Waals surface area contributed by atoms with Crippen molar-refractivity contribution in [3.05, 3.63) is 63.6 Å². The van der Waals surface area contributed by atoms with Crippen LogP contribution in [-0.4, -0.2) is 19.7 Å². The molecule has 0 aliphatic rings. The second-order valence-corrected chi connectivity index (χ2v) is 6.65. The van der Waals surface area contributed by atoms with Crippen molar-refractivity contribution in [3.8, 4) is 5.75 Å². The Morgan fingerprint density at radius 2 is 1.92 bits per heavy atom. The first kappa shape index (κ1) is 18.3. The van der Waals surface area contributed by atoms with Gasteiger partial charge in [-0.25, -0.2) is 4.79 Å². The lowest BCUT2D eigenvalue weighted by molar-refractivity contribution is 0.238. The molecule has 5 heteroatoms. The molecule has 2 aromatic rings. The van der Waals surface area contributed by atoms with Crippen LogP contribution in [0.5, 0.6) is 5.75 Å². The van der Waals surface area contributed by atoms with Gasteiger partial charge in [0.1, 0.15) is 5.75 Å². The molecular formula is C19H23BrN2O2. The van der Waals surface area contributed by atoms with E-state index in [2.05, 4.69) is 32.6 Å². The van der Waals surface area contributed by atoms with Crippen molar-refractivity contribution in [2.24, 2.45) is 0 Å². The maximum atomic E-state index is 12.0. The van der Waals surface area contributed by atoms with Gasteiger partial charge in [-0.2, -0.15) is 0 Å². The first-order valence-corrected chi connectivity index (χ1v) is 8.72. The molecule has 0 aromatic heterocycles. The highest BCUT2D eigenvalue weighted by atomic mass is 79.9. The lowest BCUT2D eigenvalue weighted by atomic mass is 10.1. The first-order chi connectivity index (χ1) is 11.5. The van der Waals surface area contributed by atoms with Crippen LogP contribution in [-0.2, 0) is 6.42 Å². The summed E-state index contributed by atoms with van der Waals surface area (Å²) in [5, 5.41) is 5.84. The summed E-state index contributed by atoms with van der Waals surface area (Å²) in [5.41, 5.74) is 3.34. The van der Waals surface area contributed by atoms with Gasteiger partial charge in [0.05, 0.1) is 13.2 Å². The normalized spacial score (nSPS) is 11.7. The highest BCUT2D eigenvalue weighted by Gasteiger charge is 2.09. The van der Waals surface area contributed by atoms with Crippen LogP contribution in [0.15, 0.2) is 46.9 Å². The number of carbonyl (C=O) groups excluding carboxylic acids is 1. The average molecular weight is 391 g/mol. The fraction of sp³-hybridized carbons (Fsp3) is 0.316. The third kappa shape index (κ3) is 5.27. The van der Waals surface area contributed by atoms with E-state index in [1.807, 2.05) is 50.2 Å². The second kappa shape index (κ2) is 8.73. The molecule has 2 rings (SSSR count).